The maximum Gasteiger partial charge on any atom is 0.216 e. The lowest BCUT2D eigenvalue weighted by Crippen LogP contribution is -1.98. The van der Waals surface area contributed by atoms with Crippen LogP contribution in [0.3, 0.4) is 0 Å². The van der Waals surface area contributed by atoms with Gasteiger partial charge in [-0.3, -0.25) is 5.10 Å². The zero-order chi connectivity index (χ0) is 17.1. The molecule has 0 aliphatic rings. The quantitative estimate of drug-likeness (QED) is 0.479. The summed E-state index contributed by atoms with van der Waals surface area (Å²) in [6.07, 6.45) is 3.33. The van der Waals surface area contributed by atoms with E-state index in [2.05, 4.69) is 22.2 Å². The minimum absolute atomic E-state index is 0.444. The fourth-order valence-electron chi connectivity index (χ4n) is 2.20. The van der Waals surface area contributed by atoms with Crippen molar-refractivity contribution < 1.29 is 4.42 Å². The van der Waals surface area contributed by atoms with Crippen molar-refractivity contribution in [1.29, 1.82) is 0 Å². The third kappa shape index (κ3) is 3.61. The van der Waals surface area contributed by atoms with Gasteiger partial charge in [-0.25, -0.2) is 0 Å². The van der Waals surface area contributed by atoms with Gasteiger partial charge >= 0.3 is 0 Å². The van der Waals surface area contributed by atoms with Gasteiger partial charge < -0.3 is 4.42 Å². The number of aromatic nitrogens is 3. The lowest BCUT2D eigenvalue weighted by molar-refractivity contribution is 0.574. The van der Waals surface area contributed by atoms with Crippen molar-refractivity contribution in [2.24, 2.45) is 5.10 Å². The third-order valence-corrected chi connectivity index (χ3v) is 4.14. The molecule has 0 aliphatic carbocycles. The summed E-state index contributed by atoms with van der Waals surface area (Å²) in [4.78, 5) is 0. The summed E-state index contributed by atoms with van der Waals surface area (Å²) < 4.78 is 7.81. The molecular formula is C16H14Cl2N4OS. The van der Waals surface area contributed by atoms with Gasteiger partial charge in [0.2, 0.25) is 4.77 Å². The molecule has 124 valence electrons. The van der Waals surface area contributed by atoms with E-state index in [9.17, 15) is 0 Å². The summed E-state index contributed by atoms with van der Waals surface area (Å²) >= 11 is 17.4. The predicted octanol–water partition coefficient (Wildman–Crippen LogP) is 5.34. The molecule has 1 aromatic carbocycles. The molecule has 0 bridgehead atoms. The third-order valence-electron chi connectivity index (χ3n) is 3.31. The number of rotatable bonds is 5. The van der Waals surface area contributed by atoms with Gasteiger partial charge in [0.1, 0.15) is 11.5 Å². The highest BCUT2D eigenvalue weighted by Crippen LogP contribution is 2.31. The number of hydrogen-bond acceptors (Lipinski definition) is 4. The smallest absolute Gasteiger partial charge is 0.216 e. The summed E-state index contributed by atoms with van der Waals surface area (Å²) in [5.41, 5.74) is 0.732. The van der Waals surface area contributed by atoms with Crippen LogP contribution in [0, 0.1) is 4.77 Å². The number of H-pyrrole nitrogens is 1. The molecule has 24 heavy (non-hydrogen) atoms. The molecule has 0 radical (unpaired) electrons. The molecule has 0 atom stereocenters. The van der Waals surface area contributed by atoms with Crippen LogP contribution in [0.2, 0.25) is 10.0 Å². The van der Waals surface area contributed by atoms with Gasteiger partial charge in [-0.1, -0.05) is 30.1 Å². The van der Waals surface area contributed by atoms with E-state index in [-0.39, 0.29) is 0 Å². The van der Waals surface area contributed by atoms with Crippen molar-refractivity contribution in [1.82, 2.24) is 14.9 Å². The predicted molar refractivity (Wildman–Crippen MR) is 98.6 cm³/mol. The van der Waals surface area contributed by atoms with Crippen LogP contribution in [-0.4, -0.2) is 21.1 Å². The lowest BCUT2D eigenvalue weighted by Gasteiger charge is -2.01. The number of aromatic amines is 1. The van der Waals surface area contributed by atoms with Crippen molar-refractivity contribution in [3.8, 4) is 11.3 Å². The Morgan fingerprint density at radius 1 is 1.33 bits per heavy atom. The summed E-state index contributed by atoms with van der Waals surface area (Å²) in [5.74, 6) is 1.98. The van der Waals surface area contributed by atoms with Crippen LogP contribution in [0.4, 0.5) is 0 Å². The van der Waals surface area contributed by atoms with Gasteiger partial charge in [0.25, 0.3) is 0 Å². The molecule has 1 N–H and O–H groups in total. The van der Waals surface area contributed by atoms with Crippen molar-refractivity contribution in [3.63, 3.8) is 0 Å². The molecular weight excluding hydrogens is 367 g/mol. The molecule has 0 aliphatic heterocycles. The van der Waals surface area contributed by atoms with E-state index >= 15 is 0 Å². The first-order valence-corrected chi connectivity index (χ1v) is 8.51. The molecule has 0 spiro atoms. The van der Waals surface area contributed by atoms with Crippen LogP contribution in [-0.2, 0) is 6.42 Å². The molecule has 3 rings (SSSR count). The number of furan rings is 1. The molecule has 0 unspecified atom stereocenters. The zero-order valence-corrected chi connectivity index (χ0v) is 15.1. The molecule has 5 nitrogen and oxygen atoms in total. The number of aryl methyl sites for hydroxylation is 1. The first kappa shape index (κ1) is 17.0. The Morgan fingerprint density at radius 2 is 2.17 bits per heavy atom. The highest BCUT2D eigenvalue weighted by Gasteiger charge is 2.09. The largest absolute Gasteiger partial charge is 0.455 e. The monoisotopic (exact) mass is 380 g/mol. The van der Waals surface area contributed by atoms with Crippen molar-refractivity contribution in [3.05, 3.63) is 56.7 Å². The summed E-state index contributed by atoms with van der Waals surface area (Å²) in [6, 6.07) is 8.85. The highest BCUT2D eigenvalue weighted by molar-refractivity contribution is 7.71. The van der Waals surface area contributed by atoms with Crippen molar-refractivity contribution in [2.45, 2.75) is 19.8 Å². The average Bonchev–Trinajstić information content (AvgIpc) is 3.16. The van der Waals surface area contributed by atoms with Crippen LogP contribution in [0.15, 0.2) is 39.9 Å². The van der Waals surface area contributed by atoms with Gasteiger partial charge in [0.05, 0.1) is 11.2 Å². The van der Waals surface area contributed by atoms with Gasteiger partial charge in [0.15, 0.2) is 5.82 Å². The average molecular weight is 381 g/mol. The second kappa shape index (κ2) is 7.34. The van der Waals surface area contributed by atoms with Gasteiger partial charge in [-0.05, 0) is 49.0 Å². The number of nitrogens with one attached hydrogen (secondary N) is 1. The standard InChI is InChI=1S/C16H14Cl2N4OS/c1-2-3-15-20-21-16(24)22(15)19-9-11-5-7-14(23-11)12-8-10(17)4-6-13(12)18/h4-9H,2-3H2,1H3,(H,21,24)/b19-9+. The van der Waals surface area contributed by atoms with E-state index < -0.39 is 0 Å². The molecule has 0 amide bonds. The van der Waals surface area contributed by atoms with Crippen LogP contribution in [0.25, 0.3) is 11.3 Å². The molecule has 0 saturated heterocycles. The maximum absolute atomic E-state index is 6.19. The Labute approximate surface area is 153 Å². The summed E-state index contributed by atoms with van der Waals surface area (Å²) in [6.45, 7) is 2.07. The van der Waals surface area contributed by atoms with Crippen molar-refractivity contribution in [2.75, 3.05) is 0 Å². The van der Waals surface area contributed by atoms with E-state index in [0.29, 0.717) is 26.3 Å². The lowest BCUT2D eigenvalue weighted by atomic mass is 10.2. The Morgan fingerprint density at radius 3 is 2.96 bits per heavy atom. The first-order chi connectivity index (χ1) is 11.6. The molecule has 3 aromatic rings. The Balaban J connectivity index is 1.88. The number of halogens is 2. The van der Waals surface area contributed by atoms with Crippen molar-refractivity contribution >= 4 is 41.6 Å². The first-order valence-electron chi connectivity index (χ1n) is 7.34. The Kier molecular flexibility index (Phi) is 5.18. The molecule has 0 saturated carbocycles. The van der Waals surface area contributed by atoms with E-state index in [1.165, 1.54) is 0 Å². The summed E-state index contributed by atoms with van der Waals surface area (Å²) in [5, 5.41) is 12.4. The van der Waals surface area contributed by atoms with Crippen LogP contribution >= 0.6 is 35.4 Å². The number of benzene rings is 1. The zero-order valence-electron chi connectivity index (χ0n) is 12.8. The fourth-order valence-corrected chi connectivity index (χ4v) is 2.78. The summed E-state index contributed by atoms with van der Waals surface area (Å²) in [7, 11) is 0. The van der Waals surface area contributed by atoms with Gasteiger partial charge in [-0.2, -0.15) is 14.9 Å². The molecule has 2 heterocycles. The van der Waals surface area contributed by atoms with Crippen LogP contribution in [0.5, 0.6) is 0 Å². The number of nitrogens with zero attached hydrogens (tertiary/aromatic N) is 3. The minimum atomic E-state index is 0.444. The molecule has 2 aromatic heterocycles. The second-order valence-electron chi connectivity index (χ2n) is 5.08. The number of hydrogen-bond donors (Lipinski definition) is 1. The second-order valence-corrected chi connectivity index (χ2v) is 6.31. The van der Waals surface area contributed by atoms with Gasteiger partial charge in [0, 0.05) is 17.0 Å². The maximum atomic E-state index is 6.19. The molecule has 0 fully saturated rings. The fraction of sp³-hybridized carbons (Fsp3) is 0.188. The SMILES string of the molecule is CCCc1n[nH]c(=S)n1/N=C/c1ccc(-c2cc(Cl)ccc2Cl)o1. The minimum Gasteiger partial charge on any atom is -0.455 e. The topological polar surface area (TPSA) is 59.1 Å². The molecule has 8 heteroatoms. The van der Waals surface area contributed by atoms with Crippen LogP contribution in [0.1, 0.15) is 24.9 Å². The Hall–Kier alpha value is -1.89. The highest BCUT2D eigenvalue weighted by atomic mass is 35.5. The van der Waals surface area contributed by atoms with E-state index in [0.717, 1.165) is 24.2 Å². The normalized spacial score (nSPS) is 11.5. The Bertz CT molecular complexity index is 942. The van der Waals surface area contributed by atoms with E-state index in [1.54, 1.807) is 35.2 Å². The van der Waals surface area contributed by atoms with E-state index in [4.69, 9.17) is 39.8 Å². The van der Waals surface area contributed by atoms with Crippen LogP contribution < -0.4 is 0 Å². The van der Waals surface area contributed by atoms with E-state index in [1.807, 2.05) is 6.07 Å². The van der Waals surface area contributed by atoms with Gasteiger partial charge in [-0.15, -0.1) is 0 Å².